The molecule has 110 valence electrons. The largest absolute Gasteiger partial charge is 0.489 e. The molecule has 0 saturated carbocycles. The van der Waals surface area contributed by atoms with Gasteiger partial charge in [-0.25, -0.2) is 4.79 Å². The molecular formula is C17H18O4. The zero-order chi connectivity index (χ0) is 15.3. The van der Waals surface area contributed by atoms with Gasteiger partial charge in [-0.15, -0.1) is 0 Å². The molecule has 0 aromatic heterocycles. The van der Waals surface area contributed by atoms with E-state index in [9.17, 15) is 9.90 Å². The van der Waals surface area contributed by atoms with E-state index in [1.54, 1.807) is 24.3 Å². The first-order valence-electron chi connectivity index (χ1n) is 6.69. The second kappa shape index (κ2) is 6.41. The van der Waals surface area contributed by atoms with Crippen molar-refractivity contribution >= 4 is 5.97 Å². The number of carboxylic acids is 1. The van der Waals surface area contributed by atoms with Gasteiger partial charge in [0.1, 0.15) is 12.4 Å². The summed E-state index contributed by atoms with van der Waals surface area (Å²) in [7, 11) is 0. The minimum absolute atomic E-state index is 0.0568. The van der Waals surface area contributed by atoms with Gasteiger partial charge in [-0.1, -0.05) is 42.5 Å². The third kappa shape index (κ3) is 4.33. The third-order valence-corrected chi connectivity index (χ3v) is 3.18. The average molecular weight is 286 g/mol. The maximum Gasteiger partial charge on any atom is 0.335 e. The average Bonchev–Trinajstić information content (AvgIpc) is 2.47. The molecule has 1 atom stereocenters. The lowest BCUT2D eigenvalue weighted by molar-refractivity contribution is -0.156. The minimum atomic E-state index is -1.76. The van der Waals surface area contributed by atoms with Crippen LogP contribution in [0.4, 0.5) is 0 Å². The summed E-state index contributed by atoms with van der Waals surface area (Å²) in [4.78, 5) is 10.9. The molecule has 0 aliphatic heterocycles. The van der Waals surface area contributed by atoms with Crippen LogP contribution in [0.1, 0.15) is 18.1 Å². The molecule has 0 fully saturated rings. The van der Waals surface area contributed by atoms with Crippen LogP contribution in [0.5, 0.6) is 5.75 Å². The Morgan fingerprint density at radius 2 is 1.67 bits per heavy atom. The van der Waals surface area contributed by atoms with Crippen molar-refractivity contribution in [3.05, 3.63) is 65.7 Å². The molecule has 0 aliphatic carbocycles. The predicted molar refractivity (Wildman–Crippen MR) is 79.2 cm³/mol. The summed E-state index contributed by atoms with van der Waals surface area (Å²) in [6, 6.07) is 16.9. The molecule has 4 heteroatoms. The topological polar surface area (TPSA) is 66.8 Å². The van der Waals surface area contributed by atoms with E-state index in [1.807, 2.05) is 30.3 Å². The molecular weight excluding hydrogens is 268 g/mol. The van der Waals surface area contributed by atoms with Gasteiger partial charge in [0.25, 0.3) is 0 Å². The van der Waals surface area contributed by atoms with E-state index in [2.05, 4.69) is 0 Å². The Morgan fingerprint density at radius 1 is 1.05 bits per heavy atom. The monoisotopic (exact) mass is 286 g/mol. The number of aliphatic carboxylic acids is 1. The molecule has 0 unspecified atom stereocenters. The van der Waals surface area contributed by atoms with Crippen molar-refractivity contribution in [3.8, 4) is 5.75 Å². The fourth-order valence-corrected chi connectivity index (χ4v) is 1.92. The Hall–Kier alpha value is -2.33. The zero-order valence-corrected chi connectivity index (χ0v) is 11.8. The van der Waals surface area contributed by atoms with Crippen molar-refractivity contribution in [1.29, 1.82) is 0 Å². The highest BCUT2D eigenvalue weighted by Gasteiger charge is 2.29. The van der Waals surface area contributed by atoms with E-state index in [0.717, 1.165) is 11.1 Å². The van der Waals surface area contributed by atoms with E-state index >= 15 is 0 Å². The van der Waals surface area contributed by atoms with Gasteiger partial charge < -0.3 is 14.9 Å². The zero-order valence-electron chi connectivity index (χ0n) is 11.8. The summed E-state index contributed by atoms with van der Waals surface area (Å²) in [5, 5.41) is 18.6. The molecule has 2 aromatic rings. The second-order valence-electron chi connectivity index (χ2n) is 5.17. The van der Waals surface area contributed by atoms with Crippen molar-refractivity contribution in [2.45, 2.75) is 25.6 Å². The molecule has 0 heterocycles. The summed E-state index contributed by atoms with van der Waals surface area (Å²) in [6.07, 6.45) is 0.0568. The molecule has 21 heavy (non-hydrogen) atoms. The van der Waals surface area contributed by atoms with Crippen molar-refractivity contribution in [1.82, 2.24) is 0 Å². The van der Waals surface area contributed by atoms with Crippen molar-refractivity contribution in [2.24, 2.45) is 0 Å². The van der Waals surface area contributed by atoms with Gasteiger partial charge in [-0.05, 0) is 30.2 Å². The van der Waals surface area contributed by atoms with Crippen LogP contribution in [0.3, 0.4) is 0 Å². The Labute approximate surface area is 123 Å². The normalized spacial score (nSPS) is 13.4. The molecule has 2 N–H and O–H groups in total. The highest BCUT2D eigenvalue weighted by atomic mass is 16.5. The fourth-order valence-electron chi connectivity index (χ4n) is 1.92. The number of carbonyl (C=O) groups is 1. The Kier molecular flexibility index (Phi) is 4.60. The molecule has 0 bridgehead atoms. The van der Waals surface area contributed by atoms with E-state index in [0.29, 0.717) is 12.4 Å². The number of hydrogen-bond donors (Lipinski definition) is 2. The van der Waals surface area contributed by atoms with E-state index < -0.39 is 11.6 Å². The first-order valence-corrected chi connectivity index (χ1v) is 6.69. The molecule has 4 nitrogen and oxygen atoms in total. The second-order valence-corrected chi connectivity index (χ2v) is 5.17. The van der Waals surface area contributed by atoms with E-state index in [4.69, 9.17) is 9.84 Å². The number of rotatable bonds is 6. The minimum Gasteiger partial charge on any atom is -0.489 e. The van der Waals surface area contributed by atoms with E-state index in [1.165, 1.54) is 6.92 Å². The molecule has 0 radical (unpaired) electrons. The molecule has 0 spiro atoms. The number of carboxylic acid groups (broad SMARTS) is 1. The molecule has 0 saturated heterocycles. The van der Waals surface area contributed by atoms with Crippen LogP contribution in [0, 0.1) is 0 Å². The first kappa shape index (κ1) is 15.1. The Bertz CT molecular complexity index is 588. The third-order valence-electron chi connectivity index (χ3n) is 3.18. The summed E-state index contributed by atoms with van der Waals surface area (Å²) < 4.78 is 5.65. The van der Waals surface area contributed by atoms with Gasteiger partial charge in [0, 0.05) is 6.42 Å². The molecule has 2 rings (SSSR count). The Morgan fingerprint density at radius 3 is 2.24 bits per heavy atom. The van der Waals surface area contributed by atoms with Gasteiger partial charge >= 0.3 is 5.97 Å². The van der Waals surface area contributed by atoms with Crippen LogP contribution >= 0.6 is 0 Å². The van der Waals surface area contributed by atoms with Crippen LogP contribution in [0.15, 0.2) is 54.6 Å². The summed E-state index contributed by atoms with van der Waals surface area (Å²) in [5.41, 5.74) is 0.0664. The lowest BCUT2D eigenvalue weighted by Gasteiger charge is -2.17. The molecule has 0 aliphatic rings. The number of aliphatic hydroxyl groups is 1. The van der Waals surface area contributed by atoms with Crippen LogP contribution in [0.2, 0.25) is 0 Å². The number of hydrogen-bond acceptors (Lipinski definition) is 3. The van der Waals surface area contributed by atoms with Crippen molar-refractivity contribution in [3.63, 3.8) is 0 Å². The van der Waals surface area contributed by atoms with Gasteiger partial charge in [-0.3, -0.25) is 0 Å². The highest BCUT2D eigenvalue weighted by Crippen LogP contribution is 2.18. The van der Waals surface area contributed by atoms with Gasteiger partial charge in [0.15, 0.2) is 5.60 Å². The van der Waals surface area contributed by atoms with Gasteiger partial charge in [0.2, 0.25) is 0 Å². The lowest BCUT2D eigenvalue weighted by atomic mass is 9.97. The first-order chi connectivity index (χ1) is 9.97. The van der Waals surface area contributed by atoms with Crippen molar-refractivity contribution in [2.75, 3.05) is 0 Å². The fraction of sp³-hybridized carbons (Fsp3) is 0.235. The molecule has 0 amide bonds. The van der Waals surface area contributed by atoms with Crippen LogP contribution in [0.25, 0.3) is 0 Å². The smallest absolute Gasteiger partial charge is 0.335 e. The van der Waals surface area contributed by atoms with E-state index in [-0.39, 0.29) is 6.42 Å². The Balaban J connectivity index is 1.95. The quantitative estimate of drug-likeness (QED) is 0.856. The maximum atomic E-state index is 10.9. The van der Waals surface area contributed by atoms with Crippen LogP contribution < -0.4 is 4.74 Å². The van der Waals surface area contributed by atoms with Crippen LogP contribution in [-0.4, -0.2) is 21.8 Å². The molecule has 2 aromatic carbocycles. The van der Waals surface area contributed by atoms with Crippen molar-refractivity contribution < 1.29 is 19.7 Å². The highest BCUT2D eigenvalue weighted by molar-refractivity contribution is 5.76. The summed E-state index contributed by atoms with van der Waals surface area (Å²) >= 11 is 0. The van der Waals surface area contributed by atoms with Gasteiger partial charge in [0.05, 0.1) is 0 Å². The number of ether oxygens (including phenoxy) is 1. The SMILES string of the molecule is C[C@@](O)(Cc1ccc(OCc2ccccc2)cc1)C(=O)O. The standard InChI is InChI=1S/C17H18O4/c1-17(20,16(18)19)11-13-7-9-15(10-8-13)21-12-14-5-3-2-4-6-14/h2-10,20H,11-12H2,1H3,(H,18,19)/t17-/m1/s1. The summed E-state index contributed by atoms with van der Waals surface area (Å²) in [6.45, 7) is 1.77. The summed E-state index contributed by atoms with van der Waals surface area (Å²) in [5.74, 6) is -0.524. The van der Waals surface area contributed by atoms with Crippen LogP contribution in [-0.2, 0) is 17.8 Å². The predicted octanol–water partition coefficient (Wildman–Crippen LogP) is 2.64. The lowest BCUT2D eigenvalue weighted by Crippen LogP contribution is -2.37. The number of benzene rings is 2. The maximum absolute atomic E-state index is 10.9. The van der Waals surface area contributed by atoms with Gasteiger partial charge in [-0.2, -0.15) is 0 Å².